The van der Waals surface area contributed by atoms with Gasteiger partial charge in [0.05, 0.1) is 40.8 Å². The minimum atomic E-state index is -0.347. The molecule has 4 rings (SSSR count). The Kier molecular flexibility index (Phi) is 5.47. The average Bonchev–Trinajstić information content (AvgIpc) is 3.39. The van der Waals surface area contributed by atoms with E-state index in [1.807, 2.05) is 11.4 Å². The number of anilines is 1. The van der Waals surface area contributed by atoms with E-state index in [0.29, 0.717) is 37.0 Å². The van der Waals surface area contributed by atoms with E-state index in [1.54, 1.807) is 37.3 Å². The Morgan fingerprint density at radius 1 is 1.20 bits per heavy atom. The van der Waals surface area contributed by atoms with Gasteiger partial charge >= 0.3 is 0 Å². The van der Waals surface area contributed by atoms with Crippen molar-refractivity contribution in [1.82, 2.24) is 9.55 Å². The van der Waals surface area contributed by atoms with Crippen LogP contribution in [0, 0.1) is 6.92 Å². The fraction of sp³-hybridized carbons (Fsp3) is 0.143. The van der Waals surface area contributed by atoms with Crippen molar-refractivity contribution in [2.45, 2.75) is 13.5 Å². The monoisotopic (exact) mass is 439 g/mol. The second-order valence-electron chi connectivity index (χ2n) is 6.47. The average molecular weight is 440 g/mol. The van der Waals surface area contributed by atoms with Crippen LogP contribution in [0.3, 0.4) is 0 Å². The van der Waals surface area contributed by atoms with Crippen molar-refractivity contribution < 1.29 is 14.3 Å². The fourth-order valence-corrected chi connectivity index (χ4v) is 4.78. The number of methoxy groups -OCH3 is 1. The molecular weight excluding hydrogens is 422 g/mol. The van der Waals surface area contributed by atoms with Crippen LogP contribution in [-0.4, -0.2) is 28.4 Å². The molecule has 0 aliphatic carbocycles. The van der Waals surface area contributed by atoms with Crippen molar-refractivity contribution >= 4 is 50.3 Å². The van der Waals surface area contributed by atoms with E-state index in [2.05, 4.69) is 10.3 Å². The Morgan fingerprint density at radius 3 is 2.73 bits per heavy atom. The summed E-state index contributed by atoms with van der Waals surface area (Å²) in [6, 6.07) is 10.6. The van der Waals surface area contributed by atoms with Crippen LogP contribution in [0.4, 0.5) is 5.69 Å². The first-order valence-corrected chi connectivity index (χ1v) is 10.7. The largest absolute Gasteiger partial charge is 0.495 e. The molecule has 0 spiro atoms. The van der Waals surface area contributed by atoms with Gasteiger partial charge in [0.1, 0.15) is 10.6 Å². The van der Waals surface area contributed by atoms with Crippen LogP contribution in [0.5, 0.6) is 5.75 Å². The summed E-state index contributed by atoms with van der Waals surface area (Å²) in [4.78, 5) is 44.0. The maximum Gasteiger partial charge on any atom is 0.266 e. The molecule has 1 N–H and O–H groups in total. The maximum absolute atomic E-state index is 13.0. The number of hydrogen-bond acceptors (Lipinski definition) is 7. The highest BCUT2D eigenvalue weighted by Gasteiger charge is 2.21. The number of carbonyl (C=O) groups excluding carboxylic acids is 2. The lowest BCUT2D eigenvalue weighted by Crippen LogP contribution is -2.24. The molecule has 1 aromatic carbocycles. The van der Waals surface area contributed by atoms with E-state index in [1.165, 1.54) is 29.3 Å². The van der Waals surface area contributed by atoms with Gasteiger partial charge in [-0.3, -0.25) is 19.0 Å². The molecule has 0 saturated heterocycles. The molecule has 0 aliphatic heterocycles. The topological polar surface area (TPSA) is 90.3 Å². The molecular formula is C21H17N3O4S2. The van der Waals surface area contributed by atoms with Crippen molar-refractivity contribution in [1.29, 1.82) is 0 Å². The number of ketones is 1. The molecule has 3 aromatic heterocycles. The molecule has 0 saturated carbocycles. The first-order chi connectivity index (χ1) is 14.5. The molecule has 30 heavy (non-hydrogen) atoms. The van der Waals surface area contributed by atoms with Crippen LogP contribution in [0.25, 0.3) is 10.2 Å². The lowest BCUT2D eigenvalue weighted by atomic mass is 10.2. The summed E-state index contributed by atoms with van der Waals surface area (Å²) in [5.41, 5.74) is 0.738. The summed E-state index contributed by atoms with van der Waals surface area (Å²) in [5, 5.41) is 4.99. The van der Waals surface area contributed by atoms with Crippen molar-refractivity contribution in [3.63, 3.8) is 0 Å². The third kappa shape index (κ3) is 3.64. The summed E-state index contributed by atoms with van der Waals surface area (Å²) < 4.78 is 6.55. The number of benzene rings is 1. The van der Waals surface area contributed by atoms with Gasteiger partial charge in [0.25, 0.3) is 11.5 Å². The number of aryl methyl sites for hydroxylation is 1. The summed E-state index contributed by atoms with van der Waals surface area (Å²) in [6.07, 6.45) is 1.36. The van der Waals surface area contributed by atoms with Crippen molar-refractivity contribution in [3.8, 4) is 5.75 Å². The molecule has 0 fully saturated rings. The third-order valence-electron chi connectivity index (χ3n) is 4.59. The number of fused-ring (bicyclic) bond motifs is 1. The van der Waals surface area contributed by atoms with Crippen molar-refractivity contribution in [2.75, 3.05) is 12.4 Å². The number of nitrogens with zero attached hydrogens (tertiary/aromatic N) is 2. The van der Waals surface area contributed by atoms with E-state index < -0.39 is 0 Å². The number of Topliss-reactive ketones (excluding diaryl/α,β-unsaturated/α-hetero) is 1. The second kappa shape index (κ2) is 8.21. The Labute approximate surface area is 179 Å². The summed E-state index contributed by atoms with van der Waals surface area (Å²) in [5.74, 6) is 0.0352. The van der Waals surface area contributed by atoms with Gasteiger partial charge in [-0.05, 0) is 36.1 Å². The van der Waals surface area contributed by atoms with E-state index in [9.17, 15) is 14.4 Å². The van der Waals surface area contributed by atoms with Gasteiger partial charge in [0, 0.05) is 0 Å². The standard InChI is InChI=1S/C21H17N3O4S2/c1-12-17-20(22-11-24(21(17)27)10-14(25)16-8-5-9-29-16)30-18(12)19(26)23-13-6-3-4-7-15(13)28-2/h3-9,11H,10H2,1-2H3,(H,23,26). The molecule has 7 nitrogen and oxygen atoms in total. The molecule has 0 bridgehead atoms. The predicted octanol–water partition coefficient (Wildman–Crippen LogP) is 3.97. The molecule has 1 amide bonds. The van der Waals surface area contributed by atoms with Gasteiger partial charge in [0.15, 0.2) is 5.78 Å². The van der Waals surface area contributed by atoms with Crippen LogP contribution in [0.15, 0.2) is 52.9 Å². The zero-order chi connectivity index (χ0) is 21.3. The SMILES string of the molecule is COc1ccccc1NC(=O)c1sc2ncn(CC(=O)c3cccs3)c(=O)c2c1C. The van der Waals surface area contributed by atoms with Gasteiger partial charge in [0.2, 0.25) is 0 Å². The highest BCUT2D eigenvalue weighted by atomic mass is 32.1. The first kappa shape index (κ1) is 20.0. The van der Waals surface area contributed by atoms with E-state index >= 15 is 0 Å². The van der Waals surface area contributed by atoms with Gasteiger partial charge in [-0.1, -0.05) is 18.2 Å². The number of hydrogen-bond donors (Lipinski definition) is 1. The minimum absolute atomic E-state index is 0.0969. The van der Waals surface area contributed by atoms with Crippen LogP contribution >= 0.6 is 22.7 Å². The number of carbonyl (C=O) groups is 2. The lowest BCUT2D eigenvalue weighted by molar-refractivity contribution is 0.0973. The molecule has 4 aromatic rings. The molecule has 0 radical (unpaired) electrons. The van der Waals surface area contributed by atoms with Crippen LogP contribution in [0.1, 0.15) is 24.9 Å². The summed E-state index contributed by atoms with van der Waals surface area (Å²) >= 11 is 2.47. The number of ether oxygens (including phenoxy) is 1. The summed E-state index contributed by atoms with van der Waals surface area (Å²) in [7, 11) is 1.53. The van der Waals surface area contributed by atoms with Crippen molar-refractivity contribution in [3.05, 3.63) is 73.8 Å². The molecule has 9 heteroatoms. The molecule has 0 unspecified atom stereocenters. The summed E-state index contributed by atoms with van der Waals surface area (Å²) in [6.45, 7) is 1.62. The maximum atomic E-state index is 13.0. The quantitative estimate of drug-likeness (QED) is 0.459. The number of thiophene rings is 2. The van der Waals surface area contributed by atoms with Gasteiger partial charge in [-0.2, -0.15) is 0 Å². The minimum Gasteiger partial charge on any atom is -0.495 e. The molecule has 3 heterocycles. The van der Waals surface area contributed by atoms with Crippen LogP contribution in [0.2, 0.25) is 0 Å². The van der Waals surface area contributed by atoms with E-state index in [4.69, 9.17) is 4.74 Å². The van der Waals surface area contributed by atoms with Crippen LogP contribution in [-0.2, 0) is 6.54 Å². The zero-order valence-electron chi connectivity index (χ0n) is 16.2. The number of nitrogens with one attached hydrogen (secondary N) is 1. The van der Waals surface area contributed by atoms with Gasteiger partial charge in [-0.25, -0.2) is 4.98 Å². The Hall–Kier alpha value is -3.30. The zero-order valence-corrected chi connectivity index (χ0v) is 17.8. The van der Waals surface area contributed by atoms with Gasteiger partial charge < -0.3 is 10.1 Å². The molecule has 152 valence electrons. The Bertz CT molecular complexity index is 1310. The number of aromatic nitrogens is 2. The number of para-hydroxylation sites is 2. The highest BCUT2D eigenvalue weighted by Crippen LogP contribution is 2.29. The van der Waals surface area contributed by atoms with E-state index in [0.717, 1.165) is 11.3 Å². The first-order valence-electron chi connectivity index (χ1n) is 8.99. The normalized spacial score (nSPS) is 10.9. The fourth-order valence-electron chi connectivity index (χ4n) is 3.09. The Morgan fingerprint density at radius 2 is 2.00 bits per heavy atom. The highest BCUT2D eigenvalue weighted by molar-refractivity contribution is 7.20. The lowest BCUT2D eigenvalue weighted by Gasteiger charge is -2.09. The van der Waals surface area contributed by atoms with Crippen LogP contribution < -0.4 is 15.6 Å². The Balaban J connectivity index is 1.67. The number of amides is 1. The molecule has 0 atom stereocenters. The molecule has 0 aliphatic rings. The number of rotatable bonds is 6. The second-order valence-corrected chi connectivity index (χ2v) is 8.42. The van der Waals surface area contributed by atoms with Gasteiger partial charge in [-0.15, -0.1) is 22.7 Å². The van der Waals surface area contributed by atoms with Crippen molar-refractivity contribution in [2.24, 2.45) is 0 Å². The van der Waals surface area contributed by atoms with E-state index in [-0.39, 0.29) is 23.8 Å². The smallest absolute Gasteiger partial charge is 0.266 e. The predicted molar refractivity (Wildman–Crippen MR) is 118 cm³/mol. The third-order valence-corrected chi connectivity index (χ3v) is 6.70.